The van der Waals surface area contributed by atoms with E-state index in [4.69, 9.17) is 4.74 Å². The lowest BCUT2D eigenvalue weighted by molar-refractivity contribution is -0.140. The van der Waals surface area contributed by atoms with E-state index in [-0.39, 0.29) is 23.8 Å². The number of aromatic nitrogens is 1. The van der Waals surface area contributed by atoms with Crippen LogP contribution >= 0.6 is 11.3 Å². The third-order valence-corrected chi connectivity index (χ3v) is 4.08. The van der Waals surface area contributed by atoms with Crippen molar-refractivity contribution in [2.24, 2.45) is 4.99 Å². The zero-order valence-electron chi connectivity index (χ0n) is 14.2. The van der Waals surface area contributed by atoms with Crippen LogP contribution in [0, 0.1) is 5.82 Å². The van der Waals surface area contributed by atoms with Crippen molar-refractivity contribution in [1.82, 2.24) is 15.6 Å². The minimum atomic E-state index is -4.45. The van der Waals surface area contributed by atoms with E-state index in [9.17, 15) is 17.6 Å². The summed E-state index contributed by atoms with van der Waals surface area (Å²) in [6.45, 7) is 2.52. The molecule has 0 bridgehead atoms. The first-order valence-electron chi connectivity index (χ1n) is 7.70. The normalized spacial score (nSPS) is 12.2. The third-order valence-electron chi connectivity index (χ3n) is 3.23. The van der Waals surface area contributed by atoms with Gasteiger partial charge in [-0.05, 0) is 24.6 Å². The van der Waals surface area contributed by atoms with Crippen molar-refractivity contribution in [3.8, 4) is 5.75 Å². The zero-order valence-corrected chi connectivity index (χ0v) is 15.0. The maximum Gasteiger partial charge on any atom is 0.434 e. The molecule has 5 nitrogen and oxygen atoms in total. The molecule has 0 radical (unpaired) electrons. The van der Waals surface area contributed by atoms with Gasteiger partial charge in [-0.2, -0.15) is 13.2 Å². The number of aliphatic imine (C=N–C) groups is 1. The summed E-state index contributed by atoms with van der Waals surface area (Å²) < 4.78 is 56.5. The van der Waals surface area contributed by atoms with Crippen LogP contribution in [-0.4, -0.2) is 24.6 Å². The van der Waals surface area contributed by atoms with Crippen molar-refractivity contribution in [3.63, 3.8) is 0 Å². The van der Waals surface area contributed by atoms with Crippen LogP contribution in [0.25, 0.3) is 0 Å². The lowest BCUT2D eigenvalue weighted by Crippen LogP contribution is -2.36. The van der Waals surface area contributed by atoms with Gasteiger partial charge in [-0.3, -0.25) is 4.99 Å². The average molecular weight is 390 g/mol. The highest BCUT2D eigenvalue weighted by molar-refractivity contribution is 7.09. The molecule has 2 N–H and O–H groups in total. The van der Waals surface area contributed by atoms with Crippen LogP contribution in [0.15, 0.2) is 28.6 Å². The van der Waals surface area contributed by atoms with Crippen LogP contribution in [0.4, 0.5) is 17.6 Å². The molecule has 1 heterocycles. The Kier molecular flexibility index (Phi) is 6.78. The minimum absolute atomic E-state index is 0.0953. The number of nitrogens with one attached hydrogen (secondary N) is 2. The number of rotatable bonds is 6. The summed E-state index contributed by atoms with van der Waals surface area (Å²) in [6.07, 6.45) is -4.45. The molecule has 1 aromatic heterocycles. The van der Waals surface area contributed by atoms with E-state index in [0.717, 1.165) is 16.7 Å². The van der Waals surface area contributed by atoms with Crippen molar-refractivity contribution >= 4 is 17.3 Å². The predicted octanol–water partition coefficient (Wildman–Crippen LogP) is 3.56. The fraction of sp³-hybridized carbons (Fsp3) is 0.375. The largest absolute Gasteiger partial charge is 0.491 e. The summed E-state index contributed by atoms with van der Waals surface area (Å²) in [5, 5.41) is 7.08. The first-order chi connectivity index (χ1) is 12.3. The van der Waals surface area contributed by atoms with Gasteiger partial charge in [0.25, 0.3) is 0 Å². The molecule has 2 rings (SSSR count). The number of benzene rings is 1. The molecule has 0 aliphatic carbocycles. The Morgan fingerprint density at radius 1 is 1.27 bits per heavy atom. The molecule has 0 aliphatic rings. The lowest BCUT2D eigenvalue weighted by atomic mass is 10.2. The number of nitrogens with zero attached hydrogens (tertiary/aromatic N) is 2. The Labute approximate surface area is 152 Å². The molecule has 10 heteroatoms. The molecular formula is C16H18F4N4OS. The molecule has 0 saturated carbocycles. The molecule has 0 unspecified atom stereocenters. The second kappa shape index (κ2) is 8.84. The molecule has 26 heavy (non-hydrogen) atoms. The van der Waals surface area contributed by atoms with Gasteiger partial charge >= 0.3 is 6.18 Å². The highest BCUT2D eigenvalue weighted by atomic mass is 32.1. The van der Waals surface area contributed by atoms with Crippen molar-refractivity contribution in [2.45, 2.75) is 26.2 Å². The highest BCUT2D eigenvalue weighted by Crippen LogP contribution is 2.29. The molecule has 0 aliphatic heterocycles. The molecule has 0 amide bonds. The van der Waals surface area contributed by atoms with E-state index in [1.807, 2.05) is 0 Å². The van der Waals surface area contributed by atoms with Gasteiger partial charge in [-0.25, -0.2) is 9.37 Å². The van der Waals surface area contributed by atoms with Crippen molar-refractivity contribution in [1.29, 1.82) is 0 Å². The van der Waals surface area contributed by atoms with Gasteiger partial charge in [-0.15, -0.1) is 11.3 Å². The van der Waals surface area contributed by atoms with Gasteiger partial charge in [0.1, 0.15) is 5.01 Å². The first-order valence-corrected chi connectivity index (χ1v) is 8.58. The number of guanidine groups is 1. The Hall–Kier alpha value is -2.36. The second-order valence-corrected chi connectivity index (χ2v) is 6.04. The third kappa shape index (κ3) is 5.58. The molecule has 0 saturated heterocycles. The molecule has 0 spiro atoms. The van der Waals surface area contributed by atoms with Gasteiger partial charge in [0.05, 0.1) is 13.2 Å². The fourth-order valence-electron chi connectivity index (χ4n) is 2.01. The predicted molar refractivity (Wildman–Crippen MR) is 91.7 cm³/mol. The van der Waals surface area contributed by atoms with Crippen molar-refractivity contribution in [3.05, 3.63) is 45.7 Å². The van der Waals surface area contributed by atoms with Gasteiger partial charge in [-0.1, -0.05) is 6.07 Å². The zero-order chi connectivity index (χ0) is 19.2. The van der Waals surface area contributed by atoms with E-state index >= 15 is 0 Å². The molecule has 142 valence electrons. The van der Waals surface area contributed by atoms with Crippen LogP contribution in [0.1, 0.15) is 23.2 Å². The Morgan fingerprint density at radius 3 is 2.58 bits per heavy atom. The van der Waals surface area contributed by atoms with E-state index < -0.39 is 17.7 Å². The molecule has 1 aromatic carbocycles. The summed E-state index contributed by atoms with van der Waals surface area (Å²) in [5.41, 5.74) is -0.241. The van der Waals surface area contributed by atoms with Gasteiger partial charge in [0.2, 0.25) is 0 Å². The summed E-state index contributed by atoms with van der Waals surface area (Å²) in [6, 6.07) is 4.60. The highest BCUT2D eigenvalue weighted by Gasteiger charge is 2.33. The Bertz CT molecular complexity index is 761. The topological polar surface area (TPSA) is 58.5 Å². The molecule has 2 aromatic rings. The molecular weight excluding hydrogens is 372 g/mol. The lowest BCUT2D eigenvalue weighted by Gasteiger charge is -2.12. The van der Waals surface area contributed by atoms with Crippen molar-refractivity contribution < 1.29 is 22.3 Å². The Morgan fingerprint density at radius 2 is 2.00 bits per heavy atom. The van der Waals surface area contributed by atoms with Gasteiger partial charge in [0.15, 0.2) is 23.2 Å². The van der Waals surface area contributed by atoms with E-state index in [1.165, 1.54) is 13.1 Å². The van der Waals surface area contributed by atoms with E-state index in [1.54, 1.807) is 19.1 Å². The van der Waals surface area contributed by atoms with E-state index in [0.29, 0.717) is 18.1 Å². The number of hydrogen-bond donors (Lipinski definition) is 2. The summed E-state index contributed by atoms with van der Waals surface area (Å²) >= 11 is 0.912. The summed E-state index contributed by atoms with van der Waals surface area (Å²) in [5.74, 6) is 0.0857. The molecule has 0 atom stereocenters. The number of halogens is 4. The number of hydrogen-bond acceptors (Lipinski definition) is 4. The summed E-state index contributed by atoms with van der Waals surface area (Å²) in [7, 11) is 1.52. The maximum atomic E-state index is 13.8. The second-order valence-electron chi connectivity index (χ2n) is 5.10. The summed E-state index contributed by atoms with van der Waals surface area (Å²) in [4.78, 5) is 7.50. The standard InChI is InChI=1S/C16H18F4N4OS/c1-3-25-12-5-4-10(6-11(12)17)7-22-15(21-2)23-8-14-24-13(9-26-14)16(18,19)20/h4-6,9H,3,7-8H2,1-2H3,(H2,21,22,23). The number of ether oxygens (including phenoxy) is 1. The minimum Gasteiger partial charge on any atom is -0.491 e. The Balaban J connectivity index is 1.88. The van der Waals surface area contributed by atoms with Gasteiger partial charge < -0.3 is 15.4 Å². The van der Waals surface area contributed by atoms with Crippen molar-refractivity contribution in [2.75, 3.05) is 13.7 Å². The van der Waals surface area contributed by atoms with Crippen LogP contribution in [0.3, 0.4) is 0 Å². The monoisotopic (exact) mass is 390 g/mol. The SMILES string of the molecule is CCOc1ccc(CNC(=NC)NCc2nc(C(F)(F)F)cs2)cc1F. The smallest absolute Gasteiger partial charge is 0.434 e. The number of alkyl halides is 3. The first kappa shape index (κ1) is 20.0. The van der Waals surface area contributed by atoms with Crippen LogP contribution in [0.2, 0.25) is 0 Å². The van der Waals surface area contributed by atoms with Crippen LogP contribution in [-0.2, 0) is 19.3 Å². The maximum absolute atomic E-state index is 13.8. The quantitative estimate of drug-likeness (QED) is 0.450. The van der Waals surface area contributed by atoms with E-state index in [2.05, 4.69) is 20.6 Å². The fourth-order valence-corrected chi connectivity index (χ4v) is 2.76. The average Bonchev–Trinajstić information content (AvgIpc) is 3.07. The van der Waals surface area contributed by atoms with Gasteiger partial charge in [0, 0.05) is 19.0 Å². The number of thiazole rings is 1. The van der Waals surface area contributed by atoms with Crippen LogP contribution in [0.5, 0.6) is 5.75 Å². The molecule has 0 fully saturated rings. The van der Waals surface area contributed by atoms with Crippen LogP contribution < -0.4 is 15.4 Å².